The first-order valence-electron chi connectivity index (χ1n) is 9.38. The minimum atomic E-state index is -1.04. The summed E-state index contributed by atoms with van der Waals surface area (Å²) in [4.78, 5) is 50.7. The Labute approximate surface area is 168 Å². The van der Waals surface area contributed by atoms with Crippen molar-refractivity contribution in [2.24, 2.45) is 5.92 Å². The van der Waals surface area contributed by atoms with Gasteiger partial charge in [0.25, 0.3) is 5.91 Å². The summed E-state index contributed by atoms with van der Waals surface area (Å²) in [6.45, 7) is 2.87. The van der Waals surface area contributed by atoms with Gasteiger partial charge in [0, 0.05) is 10.6 Å². The fourth-order valence-electron chi connectivity index (χ4n) is 3.90. The molecule has 3 amide bonds. The number of ketones is 1. The molecule has 1 aromatic carbocycles. The molecule has 2 fully saturated rings. The molecule has 1 saturated carbocycles. The van der Waals surface area contributed by atoms with Crippen LogP contribution in [0, 0.1) is 5.92 Å². The SMILES string of the molecule is C[C@H](OC(=O)CN1C(=O)N[C@@]2(CCCC[C@H]2C)C1=O)C(=O)c1ccc(Cl)cc1. The van der Waals surface area contributed by atoms with Gasteiger partial charge in [-0.1, -0.05) is 31.4 Å². The maximum absolute atomic E-state index is 12.9. The predicted molar refractivity (Wildman–Crippen MR) is 102 cm³/mol. The Balaban J connectivity index is 1.62. The molecule has 1 spiro atoms. The molecular weight excluding hydrogens is 384 g/mol. The summed E-state index contributed by atoms with van der Waals surface area (Å²) in [7, 11) is 0. The zero-order valence-electron chi connectivity index (χ0n) is 15.9. The third-order valence-corrected chi connectivity index (χ3v) is 5.85. The lowest BCUT2D eigenvalue weighted by atomic mass is 9.73. The maximum Gasteiger partial charge on any atom is 0.326 e. The standard InChI is InChI=1S/C20H23ClN2O5/c1-12-5-3-4-10-20(12)18(26)23(19(27)22-20)11-16(24)28-13(2)17(25)14-6-8-15(21)9-7-14/h6-9,12-13H,3-5,10-11H2,1-2H3,(H,22,27)/t12-,13+,20-/m1/s1. The van der Waals surface area contributed by atoms with Crippen molar-refractivity contribution in [3.05, 3.63) is 34.9 Å². The van der Waals surface area contributed by atoms with E-state index in [0.717, 1.165) is 24.2 Å². The van der Waals surface area contributed by atoms with Crippen molar-refractivity contribution in [1.29, 1.82) is 0 Å². The number of amides is 3. The van der Waals surface area contributed by atoms with Crippen LogP contribution in [0.25, 0.3) is 0 Å². The lowest BCUT2D eigenvalue weighted by molar-refractivity contribution is -0.150. The van der Waals surface area contributed by atoms with E-state index in [1.54, 1.807) is 24.3 Å². The molecule has 150 valence electrons. The van der Waals surface area contributed by atoms with E-state index in [-0.39, 0.29) is 11.7 Å². The summed E-state index contributed by atoms with van der Waals surface area (Å²) in [5.74, 6) is -1.58. The number of urea groups is 1. The minimum Gasteiger partial charge on any atom is -0.453 e. The molecule has 1 aliphatic heterocycles. The van der Waals surface area contributed by atoms with Crippen LogP contribution in [0.15, 0.2) is 24.3 Å². The molecule has 0 aromatic heterocycles. The lowest BCUT2D eigenvalue weighted by Gasteiger charge is -2.36. The number of nitrogens with one attached hydrogen (secondary N) is 1. The molecule has 1 N–H and O–H groups in total. The third-order valence-electron chi connectivity index (χ3n) is 5.59. The van der Waals surface area contributed by atoms with E-state index in [1.807, 2.05) is 6.92 Å². The summed E-state index contributed by atoms with van der Waals surface area (Å²) < 4.78 is 5.16. The molecule has 3 atom stereocenters. The maximum atomic E-state index is 12.9. The molecule has 1 aliphatic carbocycles. The topological polar surface area (TPSA) is 92.8 Å². The van der Waals surface area contributed by atoms with Crippen molar-refractivity contribution >= 4 is 35.3 Å². The smallest absolute Gasteiger partial charge is 0.326 e. The number of carbonyl (C=O) groups excluding carboxylic acids is 4. The highest BCUT2D eigenvalue weighted by Gasteiger charge is 2.55. The van der Waals surface area contributed by atoms with Crippen LogP contribution in [0.1, 0.15) is 49.9 Å². The minimum absolute atomic E-state index is 0.00382. The Kier molecular flexibility index (Phi) is 5.74. The summed E-state index contributed by atoms with van der Waals surface area (Å²) in [6.07, 6.45) is 2.23. The monoisotopic (exact) mass is 406 g/mol. The predicted octanol–water partition coefficient (Wildman–Crippen LogP) is 2.96. The summed E-state index contributed by atoms with van der Waals surface area (Å²) >= 11 is 5.80. The molecule has 0 unspecified atom stereocenters. The van der Waals surface area contributed by atoms with Gasteiger partial charge in [0.05, 0.1) is 0 Å². The number of rotatable bonds is 5. The molecule has 1 heterocycles. The van der Waals surface area contributed by atoms with Crippen molar-refractivity contribution in [1.82, 2.24) is 10.2 Å². The van der Waals surface area contributed by atoms with Crippen LogP contribution in [0.5, 0.6) is 0 Å². The molecule has 28 heavy (non-hydrogen) atoms. The van der Waals surface area contributed by atoms with Gasteiger partial charge in [0.1, 0.15) is 12.1 Å². The van der Waals surface area contributed by atoms with Gasteiger partial charge < -0.3 is 10.1 Å². The van der Waals surface area contributed by atoms with Crippen LogP contribution >= 0.6 is 11.6 Å². The molecule has 2 aliphatic rings. The molecule has 7 nitrogen and oxygen atoms in total. The molecule has 3 rings (SSSR count). The first kappa shape index (κ1) is 20.3. The number of benzene rings is 1. The van der Waals surface area contributed by atoms with Gasteiger partial charge in [-0.25, -0.2) is 4.79 Å². The number of ether oxygens (including phenoxy) is 1. The van der Waals surface area contributed by atoms with Crippen molar-refractivity contribution in [3.8, 4) is 0 Å². The molecule has 0 radical (unpaired) electrons. The number of imide groups is 1. The third kappa shape index (κ3) is 3.76. The first-order chi connectivity index (χ1) is 13.2. The normalized spacial score (nSPS) is 25.5. The molecule has 8 heteroatoms. The Hall–Kier alpha value is -2.41. The number of nitrogens with zero attached hydrogens (tertiary/aromatic N) is 1. The Morgan fingerprint density at radius 3 is 2.61 bits per heavy atom. The summed E-state index contributed by atoms with van der Waals surface area (Å²) in [5.41, 5.74) is -0.574. The van der Waals surface area contributed by atoms with Crippen molar-refractivity contribution in [3.63, 3.8) is 0 Å². The van der Waals surface area contributed by atoms with Gasteiger partial charge in [-0.15, -0.1) is 0 Å². The molecule has 0 bridgehead atoms. The van der Waals surface area contributed by atoms with Gasteiger partial charge in [-0.2, -0.15) is 0 Å². The van der Waals surface area contributed by atoms with E-state index < -0.39 is 36.1 Å². The van der Waals surface area contributed by atoms with Crippen molar-refractivity contribution in [2.75, 3.05) is 6.54 Å². The number of halogens is 1. The van der Waals surface area contributed by atoms with Crippen LogP contribution in [0.2, 0.25) is 5.02 Å². The number of hydrogen-bond acceptors (Lipinski definition) is 5. The van der Waals surface area contributed by atoms with Crippen LogP contribution in [0.4, 0.5) is 4.79 Å². The van der Waals surface area contributed by atoms with E-state index >= 15 is 0 Å². The molecule has 1 saturated heterocycles. The average Bonchev–Trinajstić information content (AvgIpc) is 2.89. The highest BCUT2D eigenvalue weighted by Crippen LogP contribution is 2.38. The first-order valence-corrected chi connectivity index (χ1v) is 9.76. The number of carbonyl (C=O) groups is 4. The number of Topliss-reactive ketones (excluding diaryl/α,β-unsaturated/α-hetero) is 1. The largest absolute Gasteiger partial charge is 0.453 e. The zero-order valence-corrected chi connectivity index (χ0v) is 16.6. The van der Waals surface area contributed by atoms with Gasteiger partial charge in [-0.05, 0) is 49.9 Å². The van der Waals surface area contributed by atoms with Gasteiger partial charge >= 0.3 is 12.0 Å². The highest BCUT2D eigenvalue weighted by atomic mass is 35.5. The van der Waals surface area contributed by atoms with E-state index in [0.29, 0.717) is 17.0 Å². The Morgan fingerprint density at radius 2 is 1.96 bits per heavy atom. The van der Waals surface area contributed by atoms with Gasteiger partial charge in [0.15, 0.2) is 6.10 Å². The fourth-order valence-corrected chi connectivity index (χ4v) is 4.03. The Morgan fingerprint density at radius 1 is 1.29 bits per heavy atom. The summed E-state index contributed by atoms with van der Waals surface area (Å²) in [6, 6.07) is 5.64. The molecule has 1 aromatic rings. The van der Waals surface area contributed by atoms with Gasteiger partial charge in [0.2, 0.25) is 5.78 Å². The fraction of sp³-hybridized carbons (Fsp3) is 0.500. The lowest BCUT2D eigenvalue weighted by Crippen LogP contribution is -2.54. The van der Waals surface area contributed by atoms with Crippen molar-refractivity contribution in [2.45, 2.75) is 51.2 Å². The van der Waals surface area contributed by atoms with Crippen LogP contribution in [-0.2, 0) is 14.3 Å². The quantitative estimate of drug-likeness (QED) is 0.461. The second-order valence-corrected chi connectivity index (χ2v) is 7.88. The van der Waals surface area contributed by atoms with Crippen LogP contribution in [0.3, 0.4) is 0 Å². The second-order valence-electron chi connectivity index (χ2n) is 7.44. The van der Waals surface area contributed by atoms with Gasteiger partial charge in [-0.3, -0.25) is 19.3 Å². The number of hydrogen-bond donors (Lipinski definition) is 1. The highest BCUT2D eigenvalue weighted by molar-refractivity contribution is 6.30. The van der Waals surface area contributed by atoms with E-state index in [2.05, 4.69) is 5.32 Å². The second kappa shape index (κ2) is 7.91. The van der Waals surface area contributed by atoms with E-state index in [1.165, 1.54) is 6.92 Å². The number of esters is 1. The molecular formula is C20H23ClN2O5. The van der Waals surface area contributed by atoms with Crippen LogP contribution in [-0.4, -0.2) is 46.8 Å². The summed E-state index contributed by atoms with van der Waals surface area (Å²) in [5, 5.41) is 3.27. The van der Waals surface area contributed by atoms with E-state index in [4.69, 9.17) is 16.3 Å². The van der Waals surface area contributed by atoms with Crippen molar-refractivity contribution < 1.29 is 23.9 Å². The average molecular weight is 407 g/mol. The zero-order chi connectivity index (χ0) is 20.5. The van der Waals surface area contributed by atoms with Crippen LogP contribution < -0.4 is 5.32 Å². The Bertz CT molecular complexity index is 809. The van der Waals surface area contributed by atoms with E-state index in [9.17, 15) is 19.2 Å².